The topological polar surface area (TPSA) is 61.9 Å². The predicted molar refractivity (Wildman–Crippen MR) is 141 cm³/mol. The molecule has 1 saturated carbocycles. The summed E-state index contributed by atoms with van der Waals surface area (Å²) < 4.78 is 5.66. The van der Waals surface area contributed by atoms with E-state index in [0.717, 1.165) is 32.1 Å². The van der Waals surface area contributed by atoms with Crippen LogP contribution in [0.5, 0.6) is 5.75 Å². The Morgan fingerprint density at radius 2 is 1.67 bits per heavy atom. The molecule has 36 heavy (non-hydrogen) atoms. The van der Waals surface area contributed by atoms with E-state index >= 15 is 0 Å². The number of amides is 2. The molecule has 2 aromatic carbocycles. The van der Waals surface area contributed by atoms with Crippen molar-refractivity contribution in [3.8, 4) is 5.75 Å². The highest BCUT2D eigenvalue weighted by molar-refractivity contribution is 6.30. The van der Waals surface area contributed by atoms with Crippen LogP contribution in [0.2, 0.25) is 5.02 Å². The fraction of sp³-hybridized carbons (Fsp3) is 0.517. The average molecular weight is 510 g/mol. The Hall–Kier alpha value is -2.57. The second-order valence-electron chi connectivity index (χ2n) is 10.3. The van der Waals surface area contributed by atoms with Gasteiger partial charge in [0.25, 0.3) is 5.91 Å². The number of nitrogens with zero attached hydrogens (tertiary/aromatic N) is 2. The molecule has 2 amide bonds. The normalized spacial score (nSPS) is 21.6. The van der Waals surface area contributed by atoms with Crippen molar-refractivity contribution in [1.82, 2.24) is 15.1 Å². The summed E-state index contributed by atoms with van der Waals surface area (Å²) in [5.41, 5.74) is 2.64. The van der Waals surface area contributed by atoms with E-state index in [0.29, 0.717) is 42.9 Å². The summed E-state index contributed by atoms with van der Waals surface area (Å²) in [6.45, 7) is 2.66. The predicted octanol–water partition coefficient (Wildman–Crippen LogP) is 4.62. The Balaban J connectivity index is 1.19. The largest absolute Gasteiger partial charge is 0.484 e. The molecule has 0 bridgehead atoms. The summed E-state index contributed by atoms with van der Waals surface area (Å²) in [6.07, 6.45) is 7.79. The number of fused-ring (bicyclic) bond motifs is 1. The number of aryl methyl sites for hydroxylation is 1. The van der Waals surface area contributed by atoms with Gasteiger partial charge in [-0.15, -0.1) is 0 Å². The minimum Gasteiger partial charge on any atom is -0.484 e. The molecule has 1 aliphatic heterocycles. The molecule has 2 fully saturated rings. The molecule has 1 N–H and O–H groups in total. The first-order chi connectivity index (χ1) is 17.6. The zero-order valence-electron chi connectivity index (χ0n) is 20.8. The number of piperazine rings is 1. The fourth-order valence-corrected chi connectivity index (χ4v) is 6.25. The summed E-state index contributed by atoms with van der Waals surface area (Å²) in [5, 5.41) is 4.07. The molecule has 2 aromatic rings. The number of hydrogen-bond acceptors (Lipinski definition) is 4. The molecule has 0 aromatic heterocycles. The highest BCUT2D eigenvalue weighted by Gasteiger charge is 2.38. The lowest BCUT2D eigenvalue weighted by atomic mass is 9.87. The molecular formula is C29H36ClN3O3. The van der Waals surface area contributed by atoms with Gasteiger partial charge in [-0.3, -0.25) is 14.5 Å². The summed E-state index contributed by atoms with van der Waals surface area (Å²) >= 11 is 5.92. The number of nitrogens with one attached hydrogen (secondary N) is 1. The molecule has 192 valence electrons. The van der Waals surface area contributed by atoms with Gasteiger partial charge in [0.15, 0.2) is 6.61 Å². The van der Waals surface area contributed by atoms with Crippen molar-refractivity contribution in [2.45, 2.75) is 57.0 Å². The second kappa shape index (κ2) is 11.7. The Labute approximate surface area is 218 Å². The molecular weight excluding hydrogens is 474 g/mol. The van der Waals surface area contributed by atoms with Gasteiger partial charge in [0, 0.05) is 31.2 Å². The van der Waals surface area contributed by atoms with E-state index < -0.39 is 0 Å². The zero-order valence-corrected chi connectivity index (χ0v) is 21.6. The van der Waals surface area contributed by atoms with E-state index in [4.69, 9.17) is 16.3 Å². The van der Waals surface area contributed by atoms with Gasteiger partial charge in [-0.2, -0.15) is 0 Å². The molecule has 1 saturated heterocycles. The monoisotopic (exact) mass is 509 g/mol. The number of hydrogen-bond donors (Lipinski definition) is 1. The summed E-state index contributed by atoms with van der Waals surface area (Å²) in [7, 11) is 0. The molecule has 0 spiro atoms. The van der Waals surface area contributed by atoms with Gasteiger partial charge >= 0.3 is 0 Å². The first kappa shape index (κ1) is 25.1. The first-order valence-corrected chi connectivity index (χ1v) is 13.7. The van der Waals surface area contributed by atoms with Crippen LogP contribution >= 0.6 is 11.6 Å². The van der Waals surface area contributed by atoms with Gasteiger partial charge in [-0.05, 0) is 73.4 Å². The van der Waals surface area contributed by atoms with Gasteiger partial charge in [0.05, 0.1) is 12.1 Å². The van der Waals surface area contributed by atoms with Crippen LogP contribution in [0.1, 0.15) is 55.7 Å². The highest BCUT2D eigenvalue weighted by atomic mass is 35.5. The molecule has 6 nitrogen and oxygen atoms in total. The molecule has 1 heterocycles. The maximum Gasteiger partial charge on any atom is 0.260 e. The van der Waals surface area contributed by atoms with E-state index in [-0.39, 0.29) is 30.5 Å². The molecule has 0 radical (unpaired) electrons. The Morgan fingerprint density at radius 1 is 0.944 bits per heavy atom. The quantitative estimate of drug-likeness (QED) is 0.592. The van der Waals surface area contributed by atoms with Crippen LogP contribution in [-0.4, -0.2) is 60.4 Å². The van der Waals surface area contributed by atoms with E-state index in [1.807, 2.05) is 4.90 Å². The van der Waals surface area contributed by atoms with Gasteiger partial charge in [-0.25, -0.2) is 0 Å². The number of carbonyl (C=O) groups is 2. The number of halogens is 1. The maximum atomic E-state index is 13.7. The Morgan fingerprint density at radius 3 is 2.42 bits per heavy atom. The summed E-state index contributed by atoms with van der Waals surface area (Å²) in [4.78, 5) is 30.7. The highest BCUT2D eigenvalue weighted by Crippen LogP contribution is 2.33. The third-order valence-electron chi connectivity index (χ3n) is 8.04. The fourth-order valence-electron chi connectivity index (χ4n) is 6.13. The van der Waals surface area contributed by atoms with E-state index in [1.165, 1.54) is 24.0 Å². The van der Waals surface area contributed by atoms with Gasteiger partial charge < -0.3 is 15.0 Å². The molecule has 7 heteroatoms. The van der Waals surface area contributed by atoms with Crippen LogP contribution in [0, 0.1) is 5.92 Å². The lowest BCUT2D eigenvalue weighted by Crippen LogP contribution is -2.58. The van der Waals surface area contributed by atoms with Crippen LogP contribution < -0.4 is 10.1 Å². The minimum atomic E-state index is -0.121. The van der Waals surface area contributed by atoms with Crippen LogP contribution in [0.4, 0.5) is 0 Å². The van der Waals surface area contributed by atoms with Gasteiger partial charge in [0.1, 0.15) is 5.75 Å². The Kier molecular flexibility index (Phi) is 8.12. The van der Waals surface area contributed by atoms with Crippen molar-refractivity contribution in [1.29, 1.82) is 0 Å². The SMILES string of the molecule is O=C(NC1CCCc2ccccc21)C(C1CCCC1)N1CCN(C(=O)COc2ccc(Cl)cc2)CC1. The van der Waals surface area contributed by atoms with E-state index in [9.17, 15) is 9.59 Å². The Bertz CT molecular complexity index is 1050. The summed E-state index contributed by atoms with van der Waals surface area (Å²) in [5.74, 6) is 1.16. The van der Waals surface area contributed by atoms with Crippen LogP contribution in [0.15, 0.2) is 48.5 Å². The second-order valence-corrected chi connectivity index (χ2v) is 10.7. The minimum absolute atomic E-state index is 0.00919. The standard InChI is InChI=1S/C29H36ClN3O3/c30-23-12-14-24(15-13-23)36-20-27(34)32-16-18-33(19-17-32)28(22-7-1-2-8-22)29(35)31-26-11-5-9-21-6-3-4-10-25(21)26/h3-4,6,10,12-15,22,26,28H,1-2,5,7-9,11,16-20H2,(H,31,35). The van der Waals surface area contributed by atoms with Gasteiger partial charge in [0.2, 0.25) is 5.91 Å². The third-order valence-corrected chi connectivity index (χ3v) is 8.29. The summed E-state index contributed by atoms with van der Waals surface area (Å²) in [6, 6.07) is 15.5. The molecule has 2 atom stereocenters. The van der Waals surface area contributed by atoms with Crippen LogP contribution in [0.25, 0.3) is 0 Å². The smallest absolute Gasteiger partial charge is 0.260 e. The zero-order chi connectivity index (χ0) is 24.9. The lowest BCUT2D eigenvalue weighted by molar-refractivity contribution is -0.137. The molecule has 2 unspecified atom stereocenters. The molecule has 3 aliphatic rings. The maximum absolute atomic E-state index is 13.7. The number of ether oxygens (including phenoxy) is 1. The molecule has 5 rings (SSSR count). The van der Waals surface area contributed by atoms with E-state index in [1.54, 1.807) is 24.3 Å². The van der Waals surface area contributed by atoms with Crippen molar-refractivity contribution in [3.63, 3.8) is 0 Å². The number of rotatable bonds is 7. The van der Waals surface area contributed by atoms with Crippen LogP contribution in [0.3, 0.4) is 0 Å². The first-order valence-electron chi connectivity index (χ1n) is 13.4. The van der Waals surface area contributed by atoms with Crippen molar-refractivity contribution in [3.05, 3.63) is 64.7 Å². The average Bonchev–Trinajstić information content (AvgIpc) is 3.43. The number of benzene rings is 2. The van der Waals surface area contributed by atoms with Crippen molar-refractivity contribution in [2.24, 2.45) is 5.92 Å². The third kappa shape index (κ3) is 5.87. The van der Waals surface area contributed by atoms with Crippen LogP contribution in [-0.2, 0) is 16.0 Å². The van der Waals surface area contributed by atoms with Crippen molar-refractivity contribution < 1.29 is 14.3 Å². The van der Waals surface area contributed by atoms with E-state index in [2.05, 4.69) is 34.5 Å². The van der Waals surface area contributed by atoms with Gasteiger partial charge in [-0.1, -0.05) is 48.7 Å². The molecule has 2 aliphatic carbocycles. The number of carbonyl (C=O) groups excluding carboxylic acids is 2. The van der Waals surface area contributed by atoms with Crippen molar-refractivity contribution >= 4 is 23.4 Å². The van der Waals surface area contributed by atoms with Crippen molar-refractivity contribution in [2.75, 3.05) is 32.8 Å². The lowest BCUT2D eigenvalue weighted by Gasteiger charge is -2.41.